The molecule has 0 spiro atoms. The van der Waals surface area contributed by atoms with Crippen LogP contribution in [0.1, 0.15) is 30.7 Å². The number of piperidine rings is 1. The van der Waals surface area contributed by atoms with Gasteiger partial charge in [-0.25, -0.2) is 13.7 Å². The maximum Gasteiger partial charge on any atom is 0.251 e. The Balaban J connectivity index is 1.43. The van der Waals surface area contributed by atoms with Crippen molar-refractivity contribution in [3.63, 3.8) is 0 Å². The van der Waals surface area contributed by atoms with Crippen LogP contribution in [0.4, 0.5) is 14.5 Å². The summed E-state index contributed by atoms with van der Waals surface area (Å²) >= 11 is 0. The average molecular weight is 370 g/mol. The van der Waals surface area contributed by atoms with E-state index >= 15 is 0 Å². The Hall–Kier alpha value is -2.60. The first-order valence-corrected chi connectivity index (χ1v) is 9.15. The van der Waals surface area contributed by atoms with Crippen LogP contribution in [0.3, 0.4) is 0 Å². The van der Waals surface area contributed by atoms with Gasteiger partial charge < -0.3 is 0 Å². The predicted molar refractivity (Wildman–Crippen MR) is 97.2 cm³/mol. The van der Waals surface area contributed by atoms with Crippen LogP contribution in [-0.2, 0) is 9.59 Å². The summed E-state index contributed by atoms with van der Waals surface area (Å²) in [7, 11) is 0. The molecule has 27 heavy (non-hydrogen) atoms. The highest BCUT2D eigenvalue weighted by Gasteiger charge is 2.43. The van der Waals surface area contributed by atoms with Crippen molar-refractivity contribution in [3.05, 3.63) is 65.7 Å². The molecule has 0 N–H and O–H groups in total. The SMILES string of the molecule is O=C1C[C@H](N2CCC(c3ccc(F)cc3)CC2)C(=O)N1c1ccc(F)cc1. The number of anilines is 1. The second kappa shape index (κ2) is 7.19. The molecule has 6 heteroatoms. The van der Waals surface area contributed by atoms with Gasteiger partial charge in [-0.15, -0.1) is 0 Å². The Kier molecular flexibility index (Phi) is 4.74. The van der Waals surface area contributed by atoms with Gasteiger partial charge in [0.25, 0.3) is 5.91 Å². The molecule has 4 nitrogen and oxygen atoms in total. The largest absolute Gasteiger partial charge is 0.291 e. The molecule has 2 aromatic rings. The van der Waals surface area contributed by atoms with Gasteiger partial charge in [-0.2, -0.15) is 0 Å². The number of carbonyl (C=O) groups is 2. The summed E-state index contributed by atoms with van der Waals surface area (Å²) in [6.07, 6.45) is 1.87. The summed E-state index contributed by atoms with van der Waals surface area (Å²) in [5.41, 5.74) is 1.52. The van der Waals surface area contributed by atoms with Gasteiger partial charge in [0, 0.05) is 0 Å². The second-order valence-electron chi connectivity index (χ2n) is 7.13. The average Bonchev–Trinajstić information content (AvgIpc) is 2.98. The van der Waals surface area contributed by atoms with Gasteiger partial charge in [0.1, 0.15) is 11.6 Å². The molecule has 2 aliphatic heterocycles. The van der Waals surface area contributed by atoms with Crippen LogP contribution < -0.4 is 4.90 Å². The van der Waals surface area contributed by atoms with Crippen LogP contribution in [0.15, 0.2) is 48.5 Å². The lowest BCUT2D eigenvalue weighted by molar-refractivity contribution is -0.123. The summed E-state index contributed by atoms with van der Waals surface area (Å²) in [5, 5.41) is 0. The number of nitrogens with zero attached hydrogens (tertiary/aromatic N) is 2. The number of hydrogen-bond donors (Lipinski definition) is 0. The van der Waals surface area contributed by atoms with Crippen LogP contribution in [0.5, 0.6) is 0 Å². The fourth-order valence-electron chi connectivity index (χ4n) is 4.04. The zero-order valence-corrected chi connectivity index (χ0v) is 14.8. The van der Waals surface area contributed by atoms with Gasteiger partial charge >= 0.3 is 0 Å². The van der Waals surface area contributed by atoms with Gasteiger partial charge in [-0.3, -0.25) is 14.5 Å². The normalized spacial score (nSPS) is 21.9. The van der Waals surface area contributed by atoms with Crippen LogP contribution >= 0.6 is 0 Å². The molecule has 140 valence electrons. The van der Waals surface area contributed by atoms with E-state index in [0.29, 0.717) is 24.7 Å². The minimum Gasteiger partial charge on any atom is -0.291 e. The molecule has 0 bridgehead atoms. The maximum absolute atomic E-state index is 13.1. The predicted octanol–water partition coefficient (Wildman–Crippen LogP) is 3.48. The number of likely N-dealkylation sites (tertiary alicyclic amines) is 1. The summed E-state index contributed by atoms with van der Waals surface area (Å²) in [6.45, 7) is 1.42. The Bertz CT molecular complexity index is 843. The third kappa shape index (κ3) is 3.49. The zero-order valence-electron chi connectivity index (χ0n) is 14.8. The molecule has 2 aromatic carbocycles. The monoisotopic (exact) mass is 370 g/mol. The second-order valence-corrected chi connectivity index (χ2v) is 7.13. The summed E-state index contributed by atoms with van der Waals surface area (Å²) < 4.78 is 26.2. The highest BCUT2D eigenvalue weighted by Crippen LogP contribution is 2.32. The topological polar surface area (TPSA) is 40.6 Å². The van der Waals surface area contributed by atoms with E-state index in [-0.39, 0.29) is 24.1 Å². The van der Waals surface area contributed by atoms with Gasteiger partial charge in [0.2, 0.25) is 5.91 Å². The van der Waals surface area contributed by atoms with Crippen molar-refractivity contribution < 1.29 is 18.4 Å². The van der Waals surface area contributed by atoms with E-state index in [9.17, 15) is 18.4 Å². The number of hydrogen-bond acceptors (Lipinski definition) is 3. The number of rotatable bonds is 3. The van der Waals surface area contributed by atoms with Crippen LogP contribution in [0.2, 0.25) is 0 Å². The molecule has 2 aliphatic rings. The van der Waals surface area contributed by atoms with E-state index in [1.807, 2.05) is 12.1 Å². The molecule has 2 fully saturated rings. The van der Waals surface area contributed by atoms with E-state index in [1.54, 1.807) is 0 Å². The molecule has 0 aliphatic carbocycles. The lowest BCUT2D eigenvalue weighted by Gasteiger charge is -2.35. The lowest BCUT2D eigenvalue weighted by Crippen LogP contribution is -2.45. The quantitative estimate of drug-likeness (QED) is 0.777. The maximum atomic E-state index is 13.1. The van der Waals surface area contributed by atoms with Gasteiger partial charge in [-0.1, -0.05) is 12.1 Å². The van der Waals surface area contributed by atoms with Crippen molar-refractivity contribution in [2.75, 3.05) is 18.0 Å². The van der Waals surface area contributed by atoms with E-state index in [4.69, 9.17) is 0 Å². The number of benzene rings is 2. The van der Waals surface area contributed by atoms with Crippen molar-refractivity contribution in [2.24, 2.45) is 0 Å². The number of amides is 2. The summed E-state index contributed by atoms with van der Waals surface area (Å²) in [6, 6.07) is 11.5. The number of halogens is 2. The Morgan fingerprint density at radius 2 is 1.37 bits per heavy atom. The molecule has 2 saturated heterocycles. The van der Waals surface area contributed by atoms with Gasteiger partial charge in [-0.05, 0) is 73.8 Å². The molecule has 1 atom stereocenters. The zero-order chi connectivity index (χ0) is 19.0. The first-order valence-electron chi connectivity index (χ1n) is 9.15. The number of imide groups is 1. The van der Waals surface area contributed by atoms with E-state index in [2.05, 4.69) is 4.90 Å². The highest BCUT2D eigenvalue weighted by molar-refractivity contribution is 6.22. The molecule has 0 radical (unpaired) electrons. The van der Waals surface area contributed by atoms with Crippen LogP contribution in [-0.4, -0.2) is 35.8 Å². The third-order valence-corrected chi connectivity index (χ3v) is 5.52. The van der Waals surface area contributed by atoms with Crippen molar-refractivity contribution >= 4 is 17.5 Å². The Labute approximate surface area is 156 Å². The summed E-state index contributed by atoms with van der Waals surface area (Å²) in [4.78, 5) is 28.4. The van der Waals surface area contributed by atoms with Crippen LogP contribution in [0, 0.1) is 11.6 Å². The summed E-state index contributed by atoms with van der Waals surface area (Å²) in [5.74, 6) is -0.809. The number of carbonyl (C=O) groups excluding carboxylic acids is 2. The van der Waals surface area contributed by atoms with Crippen LogP contribution in [0.25, 0.3) is 0 Å². The first kappa shape index (κ1) is 17.8. The fraction of sp³-hybridized carbons (Fsp3) is 0.333. The van der Waals surface area contributed by atoms with Gasteiger partial charge in [0.15, 0.2) is 0 Å². The van der Waals surface area contributed by atoms with Crippen molar-refractivity contribution in [3.8, 4) is 0 Å². The van der Waals surface area contributed by atoms with Gasteiger partial charge in [0.05, 0.1) is 18.2 Å². The van der Waals surface area contributed by atoms with E-state index in [0.717, 1.165) is 23.3 Å². The molecule has 2 amide bonds. The lowest BCUT2D eigenvalue weighted by atomic mass is 9.89. The molecular formula is C21H20F2N2O2. The molecule has 0 aromatic heterocycles. The standard InChI is InChI=1S/C21H20F2N2O2/c22-16-3-1-14(2-4-16)15-9-11-24(12-10-15)19-13-20(26)25(21(19)27)18-7-5-17(23)6-8-18/h1-8,15,19H,9-13H2/t19-/m0/s1. The molecule has 0 unspecified atom stereocenters. The van der Waals surface area contributed by atoms with E-state index in [1.165, 1.54) is 36.4 Å². The molecule has 0 saturated carbocycles. The molecule has 2 heterocycles. The Morgan fingerprint density at radius 3 is 1.96 bits per heavy atom. The highest BCUT2D eigenvalue weighted by atomic mass is 19.1. The minimum atomic E-state index is -0.461. The third-order valence-electron chi connectivity index (χ3n) is 5.52. The fourth-order valence-corrected chi connectivity index (χ4v) is 4.04. The van der Waals surface area contributed by atoms with E-state index < -0.39 is 11.9 Å². The minimum absolute atomic E-state index is 0.150. The Morgan fingerprint density at radius 1 is 0.815 bits per heavy atom. The van der Waals surface area contributed by atoms with Crippen molar-refractivity contribution in [2.45, 2.75) is 31.2 Å². The molecule has 4 rings (SSSR count). The van der Waals surface area contributed by atoms with Crippen molar-refractivity contribution in [1.29, 1.82) is 0 Å². The molecular weight excluding hydrogens is 350 g/mol. The van der Waals surface area contributed by atoms with Crippen molar-refractivity contribution in [1.82, 2.24) is 4.90 Å². The smallest absolute Gasteiger partial charge is 0.251 e. The first-order chi connectivity index (χ1) is 13.0.